The van der Waals surface area contributed by atoms with Crippen molar-refractivity contribution in [2.45, 2.75) is 60.3 Å². The van der Waals surface area contributed by atoms with E-state index in [0.717, 1.165) is 6.42 Å². The summed E-state index contributed by atoms with van der Waals surface area (Å²) in [6.07, 6.45) is 4.13. The highest BCUT2D eigenvalue weighted by Crippen LogP contribution is 2.62. The van der Waals surface area contributed by atoms with Gasteiger partial charge in [0, 0.05) is 0 Å². The molecule has 19 heavy (non-hydrogen) atoms. The van der Waals surface area contributed by atoms with Crippen LogP contribution in [0, 0.1) is 22.7 Å². The number of carbonyl (C=O) groups excluding carboxylic acids is 1. The molecule has 0 bridgehead atoms. The Hall–Kier alpha value is -0.790. The lowest BCUT2D eigenvalue weighted by molar-refractivity contribution is -0.141. The summed E-state index contributed by atoms with van der Waals surface area (Å²) in [6.45, 7) is 11.8. The molecule has 0 amide bonds. The van der Waals surface area contributed by atoms with E-state index in [1.807, 2.05) is 0 Å². The van der Waals surface area contributed by atoms with Crippen LogP contribution in [-0.2, 0) is 9.53 Å². The number of hydrogen-bond acceptors (Lipinski definition) is 2. The van der Waals surface area contributed by atoms with Crippen LogP contribution in [0.3, 0.4) is 0 Å². The van der Waals surface area contributed by atoms with Gasteiger partial charge in [-0.1, -0.05) is 45.8 Å². The van der Waals surface area contributed by atoms with Crippen molar-refractivity contribution < 1.29 is 9.53 Å². The lowest BCUT2D eigenvalue weighted by atomic mass is 9.68. The number of rotatable bonds is 2. The van der Waals surface area contributed by atoms with Gasteiger partial charge in [-0.15, -0.1) is 0 Å². The van der Waals surface area contributed by atoms with Crippen LogP contribution in [-0.4, -0.2) is 13.1 Å². The van der Waals surface area contributed by atoms with Crippen molar-refractivity contribution in [3.05, 3.63) is 11.1 Å². The van der Waals surface area contributed by atoms with Crippen molar-refractivity contribution in [3.8, 4) is 0 Å². The minimum atomic E-state index is -0.0630. The molecule has 0 spiro atoms. The Morgan fingerprint density at radius 1 is 1.26 bits per heavy atom. The molecule has 2 heteroatoms. The van der Waals surface area contributed by atoms with Crippen LogP contribution in [0.25, 0.3) is 0 Å². The van der Waals surface area contributed by atoms with E-state index in [1.54, 1.807) is 11.1 Å². The molecular formula is C17H28O2. The van der Waals surface area contributed by atoms with E-state index >= 15 is 0 Å². The average molecular weight is 264 g/mol. The summed E-state index contributed by atoms with van der Waals surface area (Å²) < 4.78 is 4.89. The average Bonchev–Trinajstić information content (AvgIpc) is 2.49. The van der Waals surface area contributed by atoms with E-state index in [0.29, 0.717) is 18.3 Å². The van der Waals surface area contributed by atoms with Crippen molar-refractivity contribution in [1.29, 1.82) is 0 Å². The fourth-order valence-corrected chi connectivity index (χ4v) is 4.52. The van der Waals surface area contributed by atoms with Crippen LogP contribution in [0.2, 0.25) is 0 Å². The molecule has 0 aromatic carbocycles. The summed E-state index contributed by atoms with van der Waals surface area (Å²) in [5.41, 5.74) is 3.68. The van der Waals surface area contributed by atoms with Gasteiger partial charge in [-0.05, 0) is 41.9 Å². The molecule has 0 saturated heterocycles. The molecule has 0 fully saturated rings. The summed E-state index contributed by atoms with van der Waals surface area (Å²) in [6, 6.07) is 0. The maximum Gasteiger partial charge on any atom is 0.306 e. The second-order valence-corrected chi connectivity index (χ2v) is 7.43. The summed E-state index contributed by atoms with van der Waals surface area (Å²) >= 11 is 0. The maximum absolute atomic E-state index is 11.7. The molecule has 0 aromatic rings. The Bertz CT molecular complexity index is 415. The van der Waals surface area contributed by atoms with Crippen LogP contribution in [0.1, 0.15) is 60.3 Å². The SMILES string of the molecule is COC(=O)CC1CCCC2=C1C(C)(C)C(C)C2(C)C. The van der Waals surface area contributed by atoms with Crippen LogP contribution in [0.15, 0.2) is 11.1 Å². The Balaban J connectivity index is 2.41. The van der Waals surface area contributed by atoms with Gasteiger partial charge in [0.1, 0.15) is 0 Å². The first kappa shape index (κ1) is 14.6. The Morgan fingerprint density at radius 2 is 1.89 bits per heavy atom. The third-order valence-corrected chi connectivity index (χ3v) is 5.99. The highest BCUT2D eigenvalue weighted by atomic mass is 16.5. The monoisotopic (exact) mass is 264 g/mol. The second-order valence-electron chi connectivity index (χ2n) is 7.43. The fourth-order valence-electron chi connectivity index (χ4n) is 4.52. The first-order valence-corrected chi connectivity index (χ1v) is 7.53. The van der Waals surface area contributed by atoms with Crippen LogP contribution in [0.5, 0.6) is 0 Å². The van der Waals surface area contributed by atoms with Gasteiger partial charge in [-0.2, -0.15) is 0 Å². The standard InChI is InChI=1S/C17H28O2/c1-11-16(2,3)13-9-7-8-12(10-14(18)19-6)15(13)17(11,4)5/h11-12H,7-10H2,1-6H3. The van der Waals surface area contributed by atoms with Gasteiger partial charge >= 0.3 is 5.97 Å². The van der Waals surface area contributed by atoms with E-state index in [9.17, 15) is 4.79 Å². The molecule has 2 aliphatic rings. The molecule has 2 rings (SSSR count). The minimum Gasteiger partial charge on any atom is -0.469 e. The lowest BCUT2D eigenvalue weighted by Crippen LogP contribution is -2.29. The molecule has 0 aromatic heterocycles. The van der Waals surface area contributed by atoms with Gasteiger partial charge in [0.15, 0.2) is 0 Å². The summed E-state index contributed by atoms with van der Waals surface area (Å²) in [7, 11) is 1.49. The molecule has 0 aliphatic heterocycles. The molecule has 0 radical (unpaired) electrons. The van der Waals surface area contributed by atoms with E-state index in [-0.39, 0.29) is 16.8 Å². The van der Waals surface area contributed by atoms with Gasteiger partial charge in [0.05, 0.1) is 13.5 Å². The van der Waals surface area contributed by atoms with Gasteiger partial charge in [0.2, 0.25) is 0 Å². The van der Waals surface area contributed by atoms with Crippen molar-refractivity contribution in [2.75, 3.05) is 7.11 Å². The second kappa shape index (κ2) is 4.64. The van der Waals surface area contributed by atoms with Gasteiger partial charge in [0.25, 0.3) is 0 Å². The molecular weight excluding hydrogens is 236 g/mol. The Labute approximate surface area is 117 Å². The first-order valence-electron chi connectivity index (χ1n) is 7.53. The highest BCUT2D eigenvalue weighted by molar-refractivity contribution is 5.70. The van der Waals surface area contributed by atoms with Crippen molar-refractivity contribution in [2.24, 2.45) is 22.7 Å². The predicted octanol–water partition coefficient (Wildman–Crippen LogP) is 4.35. The summed E-state index contributed by atoms with van der Waals surface area (Å²) in [4.78, 5) is 11.7. The molecule has 0 N–H and O–H groups in total. The zero-order valence-electron chi connectivity index (χ0n) is 13.3. The number of carbonyl (C=O) groups is 1. The zero-order chi connectivity index (χ0) is 14.4. The predicted molar refractivity (Wildman–Crippen MR) is 77.7 cm³/mol. The molecule has 2 nitrogen and oxygen atoms in total. The van der Waals surface area contributed by atoms with Crippen LogP contribution < -0.4 is 0 Å². The van der Waals surface area contributed by atoms with E-state index in [2.05, 4.69) is 34.6 Å². The molecule has 108 valence electrons. The first-order chi connectivity index (χ1) is 8.72. The number of hydrogen-bond donors (Lipinski definition) is 0. The van der Waals surface area contributed by atoms with Crippen molar-refractivity contribution in [3.63, 3.8) is 0 Å². The third kappa shape index (κ3) is 2.13. The molecule has 0 saturated carbocycles. The van der Waals surface area contributed by atoms with Crippen molar-refractivity contribution >= 4 is 5.97 Å². The summed E-state index contributed by atoms with van der Waals surface area (Å²) in [5, 5.41) is 0. The molecule has 2 atom stereocenters. The van der Waals surface area contributed by atoms with Crippen LogP contribution in [0.4, 0.5) is 0 Å². The lowest BCUT2D eigenvalue weighted by Gasteiger charge is -2.36. The molecule has 0 heterocycles. The summed E-state index contributed by atoms with van der Waals surface area (Å²) in [5.74, 6) is 0.964. The zero-order valence-corrected chi connectivity index (χ0v) is 13.3. The van der Waals surface area contributed by atoms with Crippen LogP contribution >= 0.6 is 0 Å². The normalized spacial score (nSPS) is 32.1. The number of methoxy groups -OCH3 is 1. The van der Waals surface area contributed by atoms with Gasteiger partial charge in [-0.3, -0.25) is 4.79 Å². The smallest absolute Gasteiger partial charge is 0.306 e. The number of allylic oxidation sites excluding steroid dienone is 2. The Kier molecular flexibility index (Phi) is 3.57. The fraction of sp³-hybridized carbons (Fsp3) is 0.824. The maximum atomic E-state index is 11.7. The minimum absolute atomic E-state index is 0.0630. The topological polar surface area (TPSA) is 26.3 Å². The van der Waals surface area contributed by atoms with Crippen molar-refractivity contribution in [1.82, 2.24) is 0 Å². The molecule has 2 unspecified atom stereocenters. The largest absolute Gasteiger partial charge is 0.469 e. The number of ether oxygens (including phenoxy) is 1. The third-order valence-electron chi connectivity index (χ3n) is 5.99. The molecule has 2 aliphatic carbocycles. The van der Waals surface area contributed by atoms with E-state index in [1.165, 1.54) is 20.0 Å². The number of esters is 1. The highest BCUT2D eigenvalue weighted by Gasteiger charge is 2.52. The Morgan fingerprint density at radius 3 is 2.47 bits per heavy atom. The van der Waals surface area contributed by atoms with E-state index < -0.39 is 0 Å². The van der Waals surface area contributed by atoms with Gasteiger partial charge in [-0.25, -0.2) is 0 Å². The van der Waals surface area contributed by atoms with Gasteiger partial charge < -0.3 is 4.74 Å². The van der Waals surface area contributed by atoms with E-state index in [4.69, 9.17) is 4.74 Å². The quantitative estimate of drug-likeness (QED) is 0.547.